The van der Waals surface area contributed by atoms with Gasteiger partial charge in [-0.2, -0.15) is 0 Å². The zero-order valence-electron chi connectivity index (χ0n) is 11.8. The van der Waals surface area contributed by atoms with Gasteiger partial charge in [0.1, 0.15) is 0 Å². The number of nitrogens with two attached hydrogens (primary N) is 1. The van der Waals surface area contributed by atoms with Crippen LogP contribution in [0.2, 0.25) is 0 Å². The summed E-state index contributed by atoms with van der Waals surface area (Å²) in [5.41, 5.74) is 6.04. The van der Waals surface area contributed by atoms with Gasteiger partial charge in [-0.15, -0.1) is 0 Å². The van der Waals surface area contributed by atoms with Crippen LogP contribution >= 0.6 is 0 Å². The molecule has 3 rings (SSSR count). The molecule has 2 heteroatoms. The molecule has 0 aromatic heterocycles. The molecule has 0 spiro atoms. The molecule has 3 fully saturated rings. The maximum atomic E-state index is 6.04. The highest BCUT2D eigenvalue weighted by Gasteiger charge is 2.39. The third-order valence-electron chi connectivity index (χ3n) is 5.88. The average molecular weight is 250 g/mol. The molecule has 2 N–H and O–H groups in total. The van der Waals surface area contributed by atoms with E-state index >= 15 is 0 Å². The maximum Gasteiger partial charge on any atom is 0.0139 e. The van der Waals surface area contributed by atoms with E-state index in [-0.39, 0.29) is 0 Å². The van der Waals surface area contributed by atoms with E-state index in [1.165, 1.54) is 70.8 Å². The van der Waals surface area contributed by atoms with Gasteiger partial charge in [0, 0.05) is 12.1 Å². The van der Waals surface area contributed by atoms with Crippen LogP contribution in [0.3, 0.4) is 0 Å². The smallest absolute Gasteiger partial charge is 0.0139 e. The van der Waals surface area contributed by atoms with Crippen molar-refractivity contribution < 1.29 is 0 Å². The number of hydrogen-bond acceptors (Lipinski definition) is 2. The quantitative estimate of drug-likeness (QED) is 0.815. The lowest BCUT2D eigenvalue weighted by atomic mass is 9.75. The number of nitrogens with zero attached hydrogens (tertiary/aromatic N) is 1. The Balaban J connectivity index is 1.72. The topological polar surface area (TPSA) is 29.3 Å². The molecule has 1 heterocycles. The molecule has 0 radical (unpaired) electrons. The Bertz CT molecular complexity index is 264. The molecule has 3 aliphatic rings. The number of likely N-dealkylation sites (tertiary alicyclic amines) is 1. The molecule has 104 valence electrons. The van der Waals surface area contributed by atoms with Gasteiger partial charge in [0.2, 0.25) is 0 Å². The lowest BCUT2D eigenvalue weighted by Gasteiger charge is -2.50. The molecule has 2 aliphatic carbocycles. The average Bonchev–Trinajstić information content (AvgIpc) is 2.46. The molecule has 0 bridgehead atoms. The second-order valence-corrected chi connectivity index (χ2v) is 6.84. The lowest BCUT2D eigenvalue weighted by Crippen LogP contribution is -2.55. The van der Waals surface area contributed by atoms with E-state index in [1.807, 2.05) is 0 Å². The summed E-state index contributed by atoms with van der Waals surface area (Å²) in [4.78, 5) is 2.92. The summed E-state index contributed by atoms with van der Waals surface area (Å²) in [6.45, 7) is 2.28. The molecular formula is C16H30N2. The summed E-state index contributed by atoms with van der Waals surface area (Å²) in [6.07, 6.45) is 14.5. The zero-order valence-corrected chi connectivity index (χ0v) is 11.8. The van der Waals surface area contributed by atoms with E-state index < -0.39 is 0 Å². The highest BCUT2D eigenvalue weighted by molar-refractivity contribution is 4.94. The van der Waals surface area contributed by atoms with Crippen molar-refractivity contribution in [3.63, 3.8) is 0 Å². The summed E-state index contributed by atoms with van der Waals surface area (Å²) in [5, 5.41) is 0. The minimum absolute atomic E-state index is 0.791. The second-order valence-electron chi connectivity index (χ2n) is 6.84. The molecule has 4 unspecified atom stereocenters. The summed E-state index contributed by atoms with van der Waals surface area (Å²) >= 11 is 0. The van der Waals surface area contributed by atoms with E-state index in [1.54, 1.807) is 0 Å². The molecule has 2 saturated carbocycles. The van der Waals surface area contributed by atoms with Crippen LogP contribution in [0, 0.1) is 11.8 Å². The number of hydrogen-bond donors (Lipinski definition) is 1. The van der Waals surface area contributed by atoms with E-state index in [4.69, 9.17) is 5.73 Å². The number of piperidine rings is 1. The van der Waals surface area contributed by atoms with Crippen molar-refractivity contribution in [2.24, 2.45) is 17.6 Å². The highest BCUT2D eigenvalue weighted by Crippen LogP contribution is 2.39. The molecule has 0 amide bonds. The Labute approximate surface area is 112 Å². The Morgan fingerprint density at radius 1 is 0.778 bits per heavy atom. The van der Waals surface area contributed by atoms with Gasteiger partial charge in [-0.3, -0.25) is 4.90 Å². The number of rotatable bonds is 2. The molecule has 2 nitrogen and oxygen atoms in total. The fraction of sp³-hybridized carbons (Fsp3) is 1.00. The van der Waals surface area contributed by atoms with Gasteiger partial charge < -0.3 is 5.73 Å². The fourth-order valence-electron chi connectivity index (χ4n) is 4.97. The predicted molar refractivity (Wildman–Crippen MR) is 76.5 cm³/mol. The van der Waals surface area contributed by atoms with E-state index in [2.05, 4.69) is 4.90 Å². The lowest BCUT2D eigenvalue weighted by molar-refractivity contribution is -0.00740. The molecule has 0 aromatic carbocycles. The molecule has 0 aromatic rings. The van der Waals surface area contributed by atoms with Crippen molar-refractivity contribution in [2.45, 2.75) is 76.3 Å². The van der Waals surface area contributed by atoms with Gasteiger partial charge in [0.25, 0.3) is 0 Å². The minimum atomic E-state index is 0.791. The van der Waals surface area contributed by atoms with E-state index in [0.717, 1.165) is 30.5 Å². The summed E-state index contributed by atoms with van der Waals surface area (Å²) < 4.78 is 0. The van der Waals surface area contributed by atoms with Gasteiger partial charge in [-0.25, -0.2) is 0 Å². The Morgan fingerprint density at radius 2 is 1.44 bits per heavy atom. The Hall–Kier alpha value is -0.0800. The number of fused-ring (bicyclic) bond motifs is 1. The monoisotopic (exact) mass is 250 g/mol. The van der Waals surface area contributed by atoms with Crippen molar-refractivity contribution in [3.05, 3.63) is 0 Å². The fourth-order valence-corrected chi connectivity index (χ4v) is 4.97. The van der Waals surface area contributed by atoms with Crippen molar-refractivity contribution in [3.8, 4) is 0 Å². The van der Waals surface area contributed by atoms with Crippen LogP contribution in [-0.4, -0.2) is 30.1 Å². The summed E-state index contributed by atoms with van der Waals surface area (Å²) in [7, 11) is 0. The van der Waals surface area contributed by atoms with Crippen LogP contribution in [0.1, 0.15) is 64.2 Å². The molecular weight excluding hydrogens is 220 g/mol. The van der Waals surface area contributed by atoms with Crippen LogP contribution in [0.15, 0.2) is 0 Å². The first kappa shape index (κ1) is 12.9. The largest absolute Gasteiger partial charge is 0.330 e. The van der Waals surface area contributed by atoms with E-state index in [0.29, 0.717) is 0 Å². The summed E-state index contributed by atoms with van der Waals surface area (Å²) in [6, 6.07) is 1.75. The van der Waals surface area contributed by atoms with Gasteiger partial charge in [-0.05, 0) is 63.5 Å². The minimum Gasteiger partial charge on any atom is -0.330 e. The first-order valence-corrected chi connectivity index (χ1v) is 8.36. The van der Waals surface area contributed by atoms with Crippen molar-refractivity contribution >= 4 is 0 Å². The first-order valence-electron chi connectivity index (χ1n) is 8.36. The standard InChI is InChI=1S/C16H30N2/c17-12-14-7-2-4-10-16(14)18-11-5-8-13-6-1-3-9-15(13)18/h13-16H,1-12,17H2. The van der Waals surface area contributed by atoms with Gasteiger partial charge >= 0.3 is 0 Å². The Morgan fingerprint density at radius 3 is 2.28 bits per heavy atom. The molecule has 4 atom stereocenters. The molecule has 18 heavy (non-hydrogen) atoms. The van der Waals surface area contributed by atoms with Crippen LogP contribution < -0.4 is 5.73 Å². The zero-order chi connectivity index (χ0) is 12.4. The van der Waals surface area contributed by atoms with Crippen molar-refractivity contribution in [2.75, 3.05) is 13.1 Å². The molecule has 1 saturated heterocycles. The Kier molecular flexibility index (Phi) is 4.25. The second kappa shape index (κ2) is 5.92. The maximum absolute atomic E-state index is 6.04. The molecule has 1 aliphatic heterocycles. The van der Waals surface area contributed by atoms with Crippen LogP contribution in [0.4, 0.5) is 0 Å². The highest BCUT2D eigenvalue weighted by atomic mass is 15.2. The van der Waals surface area contributed by atoms with Gasteiger partial charge in [-0.1, -0.05) is 25.7 Å². The van der Waals surface area contributed by atoms with Crippen molar-refractivity contribution in [1.29, 1.82) is 0 Å². The predicted octanol–water partition coefficient (Wildman–Crippen LogP) is 3.16. The van der Waals surface area contributed by atoms with Crippen LogP contribution in [-0.2, 0) is 0 Å². The first-order chi connectivity index (χ1) is 8.90. The third kappa shape index (κ3) is 2.46. The van der Waals surface area contributed by atoms with Crippen LogP contribution in [0.25, 0.3) is 0 Å². The SMILES string of the molecule is NCC1CCCCC1N1CCCC2CCCCC21. The van der Waals surface area contributed by atoms with Gasteiger partial charge in [0.05, 0.1) is 0 Å². The normalized spacial score (nSPS) is 42.5. The van der Waals surface area contributed by atoms with Crippen LogP contribution in [0.5, 0.6) is 0 Å². The van der Waals surface area contributed by atoms with Crippen molar-refractivity contribution in [1.82, 2.24) is 4.90 Å². The summed E-state index contributed by atoms with van der Waals surface area (Å²) in [5.74, 6) is 1.81. The van der Waals surface area contributed by atoms with E-state index in [9.17, 15) is 0 Å². The van der Waals surface area contributed by atoms with Gasteiger partial charge in [0.15, 0.2) is 0 Å². The third-order valence-corrected chi connectivity index (χ3v) is 5.88.